The Kier molecular flexibility index (Phi) is 4.29. The van der Waals surface area contributed by atoms with E-state index in [1.165, 1.54) is 4.31 Å². The molecule has 0 fully saturated rings. The molecule has 1 aromatic heterocycles. The van der Waals surface area contributed by atoms with Crippen LogP contribution in [0, 0.1) is 0 Å². The van der Waals surface area contributed by atoms with Gasteiger partial charge in [-0.25, -0.2) is 8.42 Å². The lowest BCUT2D eigenvalue weighted by molar-refractivity contribution is 0.398. The van der Waals surface area contributed by atoms with Crippen LogP contribution in [-0.2, 0) is 16.6 Å². The highest BCUT2D eigenvalue weighted by molar-refractivity contribution is 7.89. The summed E-state index contributed by atoms with van der Waals surface area (Å²) >= 11 is 1.00. The molecule has 120 valence electrons. The molecule has 0 aliphatic heterocycles. The maximum atomic E-state index is 12.9. The summed E-state index contributed by atoms with van der Waals surface area (Å²) < 4.78 is 40.5. The lowest BCUT2D eigenvalue weighted by atomic mass is 10.2. The van der Waals surface area contributed by atoms with Crippen molar-refractivity contribution in [2.45, 2.75) is 11.4 Å². The molecule has 8 heteroatoms. The van der Waals surface area contributed by atoms with Gasteiger partial charge in [-0.2, -0.15) is 13.1 Å². The van der Waals surface area contributed by atoms with Crippen LogP contribution >= 0.6 is 11.7 Å². The maximum Gasteiger partial charge on any atom is 0.245 e. The molecule has 0 spiro atoms. The van der Waals surface area contributed by atoms with Gasteiger partial charge in [0, 0.05) is 19.2 Å². The number of benzene rings is 2. The van der Waals surface area contributed by atoms with Crippen LogP contribution in [0.5, 0.6) is 5.75 Å². The summed E-state index contributed by atoms with van der Waals surface area (Å²) in [5.74, 6) is 0.656. The molecule has 0 amide bonds. The monoisotopic (exact) mass is 349 g/mol. The smallest absolute Gasteiger partial charge is 0.245 e. The summed E-state index contributed by atoms with van der Waals surface area (Å²) in [7, 11) is -0.570. The van der Waals surface area contributed by atoms with Gasteiger partial charge in [-0.1, -0.05) is 24.3 Å². The Labute approximate surface area is 138 Å². The predicted octanol–water partition coefficient (Wildman–Crippen LogP) is 2.52. The molecule has 3 rings (SSSR count). The Hall–Kier alpha value is -2.03. The number of sulfonamides is 1. The summed E-state index contributed by atoms with van der Waals surface area (Å²) in [6, 6.07) is 12.3. The number of hydrogen-bond donors (Lipinski definition) is 0. The van der Waals surface area contributed by atoms with Gasteiger partial charge in [0.25, 0.3) is 0 Å². The summed E-state index contributed by atoms with van der Waals surface area (Å²) in [4.78, 5) is 0.168. The minimum atomic E-state index is -3.68. The molecule has 3 aromatic rings. The normalized spacial score (nSPS) is 12.0. The van der Waals surface area contributed by atoms with Crippen molar-refractivity contribution in [3.63, 3.8) is 0 Å². The van der Waals surface area contributed by atoms with Crippen molar-refractivity contribution in [3.05, 3.63) is 48.0 Å². The fourth-order valence-corrected chi connectivity index (χ4v) is 4.21. The average Bonchev–Trinajstić information content (AvgIpc) is 3.03. The molecule has 0 saturated heterocycles. The highest BCUT2D eigenvalue weighted by Crippen LogP contribution is 2.26. The van der Waals surface area contributed by atoms with E-state index >= 15 is 0 Å². The summed E-state index contributed by atoms with van der Waals surface area (Å²) in [6.07, 6.45) is 0. The van der Waals surface area contributed by atoms with Crippen LogP contribution < -0.4 is 4.74 Å². The molecule has 0 bridgehead atoms. The molecule has 0 radical (unpaired) electrons. The predicted molar refractivity (Wildman–Crippen MR) is 89.1 cm³/mol. The van der Waals surface area contributed by atoms with Crippen LogP contribution in [0.25, 0.3) is 11.0 Å². The Balaban J connectivity index is 1.98. The average molecular weight is 349 g/mol. The third-order valence-electron chi connectivity index (χ3n) is 3.52. The van der Waals surface area contributed by atoms with Crippen molar-refractivity contribution >= 4 is 32.8 Å². The van der Waals surface area contributed by atoms with E-state index in [0.717, 1.165) is 17.3 Å². The molecule has 23 heavy (non-hydrogen) atoms. The zero-order valence-electron chi connectivity index (χ0n) is 12.6. The highest BCUT2D eigenvalue weighted by Gasteiger charge is 2.25. The van der Waals surface area contributed by atoms with Crippen molar-refractivity contribution in [3.8, 4) is 5.75 Å². The number of nitrogens with zero attached hydrogens (tertiary/aromatic N) is 3. The Morgan fingerprint density at radius 1 is 1.13 bits per heavy atom. The van der Waals surface area contributed by atoms with E-state index in [1.54, 1.807) is 38.4 Å². The van der Waals surface area contributed by atoms with E-state index < -0.39 is 10.0 Å². The minimum Gasteiger partial charge on any atom is -0.496 e. The van der Waals surface area contributed by atoms with Gasteiger partial charge in [0.1, 0.15) is 21.7 Å². The van der Waals surface area contributed by atoms with E-state index in [4.69, 9.17) is 4.74 Å². The van der Waals surface area contributed by atoms with Gasteiger partial charge in [0.05, 0.1) is 18.8 Å². The van der Waals surface area contributed by atoms with Crippen LogP contribution in [0.2, 0.25) is 0 Å². The summed E-state index contributed by atoms with van der Waals surface area (Å²) in [6.45, 7) is 0.209. The fraction of sp³-hybridized carbons (Fsp3) is 0.200. The van der Waals surface area contributed by atoms with Crippen molar-refractivity contribution in [2.24, 2.45) is 0 Å². The zero-order chi connectivity index (χ0) is 16.4. The summed E-state index contributed by atoms with van der Waals surface area (Å²) in [5.41, 5.74) is 1.79. The Bertz CT molecular complexity index is 938. The number of para-hydroxylation sites is 1. The quantitative estimate of drug-likeness (QED) is 0.708. The number of fused-ring (bicyclic) bond motifs is 1. The van der Waals surface area contributed by atoms with E-state index in [-0.39, 0.29) is 11.4 Å². The highest BCUT2D eigenvalue weighted by atomic mass is 32.2. The molecule has 1 heterocycles. The number of rotatable bonds is 5. The molecular formula is C15H15N3O3S2. The van der Waals surface area contributed by atoms with E-state index in [2.05, 4.69) is 8.75 Å². The standard InChI is InChI=1S/C15H15N3O3S2/c1-18(10-11-6-3-4-8-13(11)21-2)23(19,20)14-9-5-7-12-15(14)17-22-16-12/h3-9H,10H2,1-2H3. The number of aromatic nitrogens is 2. The molecule has 0 atom stereocenters. The van der Waals surface area contributed by atoms with Gasteiger partial charge in [-0.15, -0.1) is 0 Å². The first-order valence-electron chi connectivity index (χ1n) is 6.83. The van der Waals surface area contributed by atoms with Gasteiger partial charge in [0.15, 0.2) is 0 Å². The van der Waals surface area contributed by atoms with Crippen molar-refractivity contribution in [2.75, 3.05) is 14.2 Å². The van der Waals surface area contributed by atoms with Crippen LogP contribution in [0.1, 0.15) is 5.56 Å². The van der Waals surface area contributed by atoms with Crippen molar-refractivity contribution in [1.29, 1.82) is 0 Å². The topological polar surface area (TPSA) is 72.4 Å². The number of methoxy groups -OCH3 is 1. The van der Waals surface area contributed by atoms with E-state index in [1.807, 2.05) is 18.2 Å². The molecule has 0 N–H and O–H groups in total. The van der Waals surface area contributed by atoms with Crippen molar-refractivity contribution in [1.82, 2.24) is 13.1 Å². The van der Waals surface area contributed by atoms with Gasteiger partial charge < -0.3 is 4.74 Å². The fourth-order valence-electron chi connectivity index (χ4n) is 2.32. The molecule has 0 aliphatic carbocycles. The lowest BCUT2D eigenvalue weighted by Gasteiger charge is -2.18. The van der Waals surface area contributed by atoms with Gasteiger partial charge in [-0.05, 0) is 18.2 Å². The van der Waals surface area contributed by atoms with Crippen LogP contribution in [0.3, 0.4) is 0 Å². The zero-order valence-corrected chi connectivity index (χ0v) is 14.3. The van der Waals surface area contributed by atoms with Gasteiger partial charge >= 0.3 is 0 Å². The molecule has 0 saturated carbocycles. The Morgan fingerprint density at radius 3 is 2.70 bits per heavy atom. The largest absolute Gasteiger partial charge is 0.496 e. The molecule has 0 aliphatic rings. The number of ether oxygens (including phenoxy) is 1. The second-order valence-electron chi connectivity index (χ2n) is 4.96. The van der Waals surface area contributed by atoms with Crippen molar-refractivity contribution < 1.29 is 13.2 Å². The van der Waals surface area contributed by atoms with Crippen LogP contribution in [0.15, 0.2) is 47.4 Å². The third-order valence-corrected chi connectivity index (χ3v) is 5.90. The number of hydrogen-bond acceptors (Lipinski definition) is 6. The molecule has 6 nitrogen and oxygen atoms in total. The molecule has 0 unspecified atom stereocenters. The van der Waals surface area contributed by atoms with Gasteiger partial charge in [-0.3, -0.25) is 0 Å². The minimum absolute atomic E-state index is 0.168. The Morgan fingerprint density at radius 2 is 1.91 bits per heavy atom. The van der Waals surface area contributed by atoms with Gasteiger partial charge in [0.2, 0.25) is 10.0 Å². The summed E-state index contributed by atoms with van der Waals surface area (Å²) in [5, 5.41) is 0. The first-order valence-corrected chi connectivity index (χ1v) is 9.00. The molecule has 2 aromatic carbocycles. The first kappa shape index (κ1) is 15.9. The second-order valence-corrected chi connectivity index (χ2v) is 7.50. The first-order chi connectivity index (χ1) is 11.0. The molecular weight excluding hydrogens is 334 g/mol. The second kappa shape index (κ2) is 6.23. The van der Waals surface area contributed by atoms with E-state index in [9.17, 15) is 8.42 Å². The third kappa shape index (κ3) is 2.92. The SMILES string of the molecule is COc1ccccc1CN(C)S(=O)(=O)c1cccc2nsnc12. The van der Waals surface area contributed by atoms with Crippen LogP contribution in [-0.4, -0.2) is 35.6 Å². The van der Waals surface area contributed by atoms with Crippen LogP contribution in [0.4, 0.5) is 0 Å². The maximum absolute atomic E-state index is 12.9. The lowest BCUT2D eigenvalue weighted by Crippen LogP contribution is -2.27. The van der Waals surface area contributed by atoms with E-state index in [0.29, 0.717) is 16.8 Å².